The average molecular weight is 160 g/mol. The highest BCUT2D eigenvalue weighted by Gasteiger charge is 2.26. The van der Waals surface area contributed by atoms with E-state index in [4.69, 9.17) is 0 Å². The summed E-state index contributed by atoms with van der Waals surface area (Å²) in [6.07, 6.45) is 0.110. The fourth-order valence-corrected chi connectivity index (χ4v) is 1.88. The van der Waals surface area contributed by atoms with E-state index in [2.05, 4.69) is 16.0 Å². The lowest BCUT2D eigenvalue weighted by Gasteiger charge is -1.94. The van der Waals surface area contributed by atoms with Gasteiger partial charge in [0, 0.05) is 6.42 Å². The van der Waals surface area contributed by atoms with Gasteiger partial charge in [-0.25, -0.2) is 0 Å². The van der Waals surface area contributed by atoms with Crippen LogP contribution in [0.1, 0.15) is 13.3 Å². The first-order chi connectivity index (χ1) is 4.64. The van der Waals surface area contributed by atoms with Crippen molar-refractivity contribution in [3.63, 3.8) is 0 Å². The van der Waals surface area contributed by atoms with E-state index in [0.717, 1.165) is 0 Å². The predicted octanol–water partition coefficient (Wildman–Crippen LogP) is 0.128. The third-order valence-electron chi connectivity index (χ3n) is 1.20. The summed E-state index contributed by atoms with van der Waals surface area (Å²) in [5, 5.41) is 0. The van der Waals surface area contributed by atoms with Gasteiger partial charge in [0.25, 0.3) is 10.1 Å². The maximum atomic E-state index is 10.6. The lowest BCUT2D eigenvalue weighted by Crippen LogP contribution is -2.03. The van der Waals surface area contributed by atoms with Gasteiger partial charge in [0.1, 0.15) is 6.10 Å². The SMILES string of the molecule is CC#CC1CCS(=O)(=O)O1. The summed E-state index contributed by atoms with van der Waals surface area (Å²) in [7, 11) is -3.22. The molecule has 10 heavy (non-hydrogen) atoms. The van der Waals surface area contributed by atoms with E-state index in [1.165, 1.54) is 0 Å². The third-order valence-corrected chi connectivity index (χ3v) is 2.46. The van der Waals surface area contributed by atoms with Crippen molar-refractivity contribution in [2.24, 2.45) is 0 Å². The van der Waals surface area contributed by atoms with Gasteiger partial charge in [0.15, 0.2) is 0 Å². The first kappa shape index (κ1) is 7.58. The van der Waals surface area contributed by atoms with Gasteiger partial charge >= 0.3 is 0 Å². The first-order valence-corrected chi connectivity index (χ1v) is 4.55. The molecule has 0 N–H and O–H groups in total. The van der Waals surface area contributed by atoms with Crippen LogP contribution in [0.2, 0.25) is 0 Å². The summed E-state index contributed by atoms with van der Waals surface area (Å²) in [6.45, 7) is 1.66. The summed E-state index contributed by atoms with van der Waals surface area (Å²) in [6, 6.07) is 0. The minimum Gasteiger partial charge on any atom is -0.254 e. The predicted molar refractivity (Wildman–Crippen MR) is 36.7 cm³/mol. The summed E-state index contributed by atoms with van der Waals surface area (Å²) in [4.78, 5) is 0. The molecule has 1 rings (SSSR count). The quantitative estimate of drug-likeness (QED) is 0.373. The smallest absolute Gasteiger partial charge is 0.254 e. The Hall–Kier alpha value is -0.530. The highest BCUT2D eigenvalue weighted by atomic mass is 32.2. The van der Waals surface area contributed by atoms with Crippen LogP contribution in [0.4, 0.5) is 0 Å². The van der Waals surface area contributed by atoms with E-state index in [0.29, 0.717) is 6.42 Å². The second kappa shape index (κ2) is 2.60. The summed E-state index contributed by atoms with van der Waals surface area (Å²) >= 11 is 0. The van der Waals surface area contributed by atoms with Gasteiger partial charge in [-0.3, -0.25) is 4.18 Å². The molecule has 1 fully saturated rings. The second-order valence-electron chi connectivity index (χ2n) is 2.03. The highest BCUT2D eigenvalue weighted by molar-refractivity contribution is 7.86. The largest absolute Gasteiger partial charge is 0.268 e. The molecule has 0 aromatic rings. The van der Waals surface area contributed by atoms with Crippen LogP contribution in [0.3, 0.4) is 0 Å². The van der Waals surface area contributed by atoms with E-state index in [1.54, 1.807) is 6.92 Å². The van der Waals surface area contributed by atoms with E-state index in [-0.39, 0.29) is 5.75 Å². The number of hydrogen-bond acceptors (Lipinski definition) is 3. The molecule has 1 saturated heterocycles. The molecule has 0 saturated carbocycles. The van der Waals surface area contributed by atoms with Gasteiger partial charge in [0.05, 0.1) is 5.75 Å². The molecule has 1 heterocycles. The van der Waals surface area contributed by atoms with Gasteiger partial charge in [-0.2, -0.15) is 8.42 Å². The molecule has 0 aromatic carbocycles. The van der Waals surface area contributed by atoms with Crippen molar-refractivity contribution in [2.45, 2.75) is 19.4 Å². The molecule has 0 amide bonds. The fourth-order valence-electron chi connectivity index (χ4n) is 0.782. The van der Waals surface area contributed by atoms with Crippen LogP contribution in [-0.2, 0) is 14.3 Å². The topological polar surface area (TPSA) is 43.4 Å². The molecule has 3 nitrogen and oxygen atoms in total. The van der Waals surface area contributed by atoms with Crippen molar-refractivity contribution in [1.82, 2.24) is 0 Å². The molecule has 56 valence electrons. The van der Waals surface area contributed by atoms with Gasteiger partial charge < -0.3 is 0 Å². The Labute approximate surface area is 60.5 Å². The van der Waals surface area contributed by atoms with E-state index in [1.807, 2.05) is 0 Å². The Bertz CT molecular complexity index is 267. The van der Waals surface area contributed by atoms with Crippen LogP contribution < -0.4 is 0 Å². The lowest BCUT2D eigenvalue weighted by atomic mass is 10.3. The van der Waals surface area contributed by atoms with Crippen LogP contribution in [0.5, 0.6) is 0 Å². The van der Waals surface area contributed by atoms with E-state index < -0.39 is 16.2 Å². The van der Waals surface area contributed by atoms with Gasteiger partial charge in [-0.15, -0.1) is 5.92 Å². The van der Waals surface area contributed by atoms with Crippen molar-refractivity contribution >= 4 is 10.1 Å². The molecular weight excluding hydrogens is 152 g/mol. The molecule has 4 heteroatoms. The van der Waals surface area contributed by atoms with E-state index >= 15 is 0 Å². The maximum Gasteiger partial charge on any atom is 0.268 e. The Morgan fingerprint density at radius 2 is 2.30 bits per heavy atom. The zero-order valence-corrected chi connectivity index (χ0v) is 6.44. The highest BCUT2D eigenvalue weighted by Crippen LogP contribution is 2.14. The molecule has 0 aliphatic carbocycles. The molecule has 1 atom stereocenters. The van der Waals surface area contributed by atoms with Crippen LogP contribution in [-0.4, -0.2) is 20.3 Å². The monoisotopic (exact) mass is 160 g/mol. The van der Waals surface area contributed by atoms with Crippen molar-refractivity contribution in [2.75, 3.05) is 5.75 Å². The van der Waals surface area contributed by atoms with E-state index in [9.17, 15) is 8.42 Å². The first-order valence-electron chi connectivity index (χ1n) is 2.97. The van der Waals surface area contributed by atoms with Gasteiger partial charge in [0.2, 0.25) is 0 Å². The maximum absolute atomic E-state index is 10.6. The summed E-state index contributed by atoms with van der Waals surface area (Å²) < 4.78 is 25.8. The molecule has 1 aliphatic rings. The lowest BCUT2D eigenvalue weighted by molar-refractivity contribution is 0.295. The number of hydrogen-bond donors (Lipinski definition) is 0. The van der Waals surface area contributed by atoms with Gasteiger partial charge in [-0.1, -0.05) is 5.92 Å². The average Bonchev–Trinajstić information content (AvgIpc) is 2.12. The molecule has 0 radical (unpaired) electrons. The molecule has 0 aromatic heterocycles. The van der Waals surface area contributed by atoms with Crippen LogP contribution >= 0.6 is 0 Å². The van der Waals surface area contributed by atoms with Crippen LogP contribution in [0, 0.1) is 11.8 Å². The molecular formula is C6H8O3S. The van der Waals surface area contributed by atoms with Crippen molar-refractivity contribution in [1.29, 1.82) is 0 Å². The molecule has 0 spiro atoms. The molecule has 1 unspecified atom stereocenters. The van der Waals surface area contributed by atoms with Gasteiger partial charge in [-0.05, 0) is 6.92 Å². The standard InChI is InChI=1S/C6H8O3S/c1-2-3-6-4-5-10(7,8)9-6/h6H,4-5H2,1H3. The van der Waals surface area contributed by atoms with Crippen LogP contribution in [0.15, 0.2) is 0 Å². The summed E-state index contributed by atoms with van der Waals surface area (Å²) in [5.74, 6) is 5.36. The van der Waals surface area contributed by atoms with Crippen LogP contribution in [0.25, 0.3) is 0 Å². The fraction of sp³-hybridized carbons (Fsp3) is 0.667. The van der Waals surface area contributed by atoms with Crippen molar-refractivity contribution < 1.29 is 12.6 Å². The minimum absolute atomic E-state index is 0.104. The Balaban J connectivity index is 2.66. The Morgan fingerprint density at radius 3 is 2.70 bits per heavy atom. The zero-order valence-electron chi connectivity index (χ0n) is 5.62. The zero-order chi connectivity index (χ0) is 7.61. The molecule has 1 aliphatic heterocycles. The Morgan fingerprint density at radius 1 is 1.60 bits per heavy atom. The normalized spacial score (nSPS) is 29.1. The third kappa shape index (κ3) is 1.72. The Kier molecular flexibility index (Phi) is 1.97. The summed E-state index contributed by atoms with van der Waals surface area (Å²) in [5.41, 5.74) is 0. The second-order valence-corrected chi connectivity index (χ2v) is 3.75. The number of rotatable bonds is 0. The van der Waals surface area contributed by atoms with Crippen molar-refractivity contribution in [3.05, 3.63) is 0 Å². The molecule has 0 bridgehead atoms. The van der Waals surface area contributed by atoms with Crippen molar-refractivity contribution in [3.8, 4) is 11.8 Å². The minimum atomic E-state index is -3.22.